The largest absolute Gasteiger partial charge is 0.364 e. The third-order valence-electron chi connectivity index (χ3n) is 1.72. The van der Waals surface area contributed by atoms with Gasteiger partial charge in [0.05, 0.1) is 12.9 Å². The molecular weight excluding hydrogens is 264 g/mol. The van der Waals surface area contributed by atoms with Crippen LogP contribution >= 0.6 is 15.9 Å². The Morgan fingerprint density at radius 2 is 2.47 bits per heavy atom. The molecule has 78 valence electrons. The van der Waals surface area contributed by atoms with Gasteiger partial charge in [-0.15, -0.1) is 0 Å². The highest BCUT2D eigenvalue weighted by Crippen LogP contribution is 2.13. The minimum absolute atomic E-state index is 0.229. The number of nitrogens with zero attached hydrogens (tertiary/aromatic N) is 2. The van der Waals surface area contributed by atoms with Crippen molar-refractivity contribution in [1.82, 2.24) is 15.1 Å². The van der Waals surface area contributed by atoms with E-state index in [0.717, 1.165) is 5.69 Å². The summed E-state index contributed by atoms with van der Waals surface area (Å²) in [5.41, 5.74) is 0.511. The van der Waals surface area contributed by atoms with Gasteiger partial charge in [0.1, 0.15) is 22.2 Å². The minimum atomic E-state index is -0.229. The molecule has 2 heterocycles. The zero-order chi connectivity index (χ0) is 10.7. The summed E-state index contributed by atoms with van der Waals surface area (Å²) in [5.74, 6) is 0.474. The number of anilines is 1. The number of hydrogen-bond donors (Lipinski definition) is 2. The van der Waals surface area contributed by atoms with Gasteiger partial charge in [-0.25, -0.2) is 4.98 Å². The highest BCUT2D eigenvalue weighted by molar-refractivity contribution is 9.10. The molecule has 0 aliphatic carbocycles. The summed E-state index contributed by atoms with van der Waals surface area (Å²) in [5, 5.41) is 6.67. The smallest absolute Gasteiger partial charge is 0.267 e. The molecule has 0 saturated carbocycles. The van der Waals surface area contributed by atoms with Crippen LogP contribution in [0.25, 0.3) is 0 Å². The van der Waals surface area contributed by atoms with Crippen LogP contribution in [0.4, 0.5) is 5.82 Å². The molecule has 0 bridgehead atoms. The van der Waals surface area contributed by atoms with Crippen LogP contribution in [0, 0.1) is 0 Å². The van der Waals surface area contributed by atoms with Crippen LogP contribution in [0.1, 0.15) is 5.69 Å². The number of hydrogen-bond acceptors (Lipinski definition) is 5. The maximum Gasteiger partial charge on any atom is 0.267 e. The van der Waals surface area contributed by atoms with E-state index in [4.69, 9.17) is 0 Å². The number of rotatable bonds is 3. The molecule has 0 amide bonds. The van der Waals surface area contributed by atoms with Crippen LogP contribution < -0.4 is 10.9 Å². The van der Waals surface area contributed by atoms with E-state index in [9.17, 15) is 4.79 Å². The van der Waals surface area contributed by atoms with E-state index in [1.807, 2.05) is 0 Å². The Hall–Kier alpha value is -1.63. The predicted molar refractivity (Wildman–Crippen MR) is 56.4 cm³/mol. The van der Waals surface area contributed by atoms with Crippen LogP contribution in [0.15, 0.2) is 32.4 Å². The van der Waals surface area contributed by atoms with Crippen molar-refractivity contribution in [2.45, 2.75) is 6.54 Å². The molecule has 0 saturated heterocycles. The molecule has 0 radical (unpaired) electrons. The molecular formula is C8H7BrN4O2. The van der Waals surface area contributed by atoms with Crippen molar-refractivity contribution in [3.05, 3.63) is 39.2 Å². The lowest BCUT2D eigenvalue weighted by Crippen LogP contribution is -2.12. The maximum atomic E-state index is 11.2. The van der Waals surface area contributed by atoms with Gasteiger partial charge in [0, 0.05) is 6.07 Å². The molecule has 7 heteroatoms. The molecule has 15 heavy (non-hydrogen) atoms. The molecule has 0 aliphatic heterocycles. The predicted octanol–water partition coefficient (Wildman–Crippen LogP) is 1.13. The summed E-state index contributed by atoms with van der Waals surface area (Å²) in [4.78, 5) is 17.6. The summed E-state index contributed by atoms with van der Waals surface area (Å²) < 4.78 is 5.04. The van der Waals surface area contributed by atoms with E-state index in [0.29, 0.717) is 16.8 Å². The molecule has 0 fully saturated rings. The monoisotopic (exact) mass is 270 g/mol. The summed E-state index contributed by atoms with van der Waals surface area (Å²) in [7, 11) is 0. The van der Waals surface area contributed by atoms with E-state index < -0.39 is 0 Å². The Kier molecular flexibility index (Phi) is 2.82. The van der Waals surface area contributed by atoms with Crippen molar-refractivity contribution in [2.75, 3.05) is 5.32 Å². The van der Waals surface area contributed by atoms with Crippen LogP contribution in [0.2, 0.25) is 0 Å². The molecule has 0 aliphatic rings. The Balaban J connectivity index is 2.12. The minimum Gasteiger partial charge on any atom is -0.364 e. The first-order chi connectivity index (χ1) is 7.27. The molecule has 2 aromatic rings. The number of aromatic amines is 1. The second kappa shape index (κ2) is 4.26. The van der Waals surface area contributed by atoms with Crippen LogP contribution in [-0.4, -0.2) is 15.1 Å². The van der Waals surface area contributed by atoms with Crippen molar-refractivity contribution < 1.29 is 4.52 Å². The molecule has 0 spiro atoms. The molecule has 0 atom stereocenters. The lowest BCUT2D eigenvalue weighted by molar-refractivity contribution is 0.412. The number of H-pyrrole nitrogens is 1. The van der Waals surface area contributed by atoms with E-state index >= 15 is 0 Å². The average Bonchev–Trinajstić information content (AvgIpc) is 2.73. The molecule has 0 aromatic carbocycles. The van der Waals surface area contributed by atoms with Gasteiger partial charge >= 0.3 is 0 Å². The SMILES string of the molecule is O=c1[nH]cnc(NCc2ccon2)c1Br. The van der Waals surface area contributed by atoms with Gasteiger partial charge in [-0.1, -0.05) is 5.16 Å². The summed E-state index contributed by atoms with van der Waals surface area (Å²) in [6.45, 7) is 0.450. The zero-order valence-electron chi connectivity index (χ0n) is 7.53. The van der Waals surface area contributed by atoms with E-state index in [2.05, 4.69) is 40.9 Å². The fourth-order valence-electron chi connectivity index (χ4n) is 1.01. The Morgan fingerprint density at radius 3 is 3.20 bits per heavy atom. The fourth-order valence-corrected chi connectivity index (χ4v) is 1.37. The van der Waals surface area contributed by atoms with Crippen molar-refractivity contribution >= 4 is 21.7 Å². The highest BCUT2D eigenvalue weighted by atomic mass is 79.9. The Morgan fingerprint density at radius 1 is 1.60 bits per heavy atom. The second-order valence-electron chi connectivity index (χ2n) is 2.74. The van der Waals surface area contributed by atoms with E-state index in [-0.39, 0.29) is 5.56 Å². The summed E-state index contributed by atoms with van der Waals surface area (Å²) >= 11 is 3.13. The highest BCUT2D eigenvalue weighted by Gasteiger charge is 2.05. The Bertz CT molecular complexity index is 494. The zero-order valence-corrected chi connectivity index (χ0v) is 9.11. The van der Waals surface area contributed by atoms with Gasteiger partial charge in [-0.3, -0.25) is 4.79 Å². The van der Waals surface area contributed by atoms with Gasteiger partial charge < -0.3 is 14.8 Å². The van der Waals surface area contributed by atoms with Crippen LogP contribution in [0.3, 0.4) is 0 Å². The Labute approximate surface area is 92.8 Å². The molecule has 2 N–H and O–H groups in total. The molecule has 6 nitrogen and oxygen atoms in total. The standard InChI is InChI=1S/C8H7BrN4O2/c9-6-7(11-4-12-8(6)14)10-3-5-1-2-15-13-5/h1-2,4H,3H2,(H2,10,11,12,14). The number of halogens is 1. The fraction of sp³-hybridized carbons (Fsp3) is 0.125. The summed E-state index contributed by atoms with van der Waals surface area (Å²) in [6.07, 6.45) is 2.81. The number of nitrogens with one attached hydrogen (secondary N) is 2. The van der Waals surface area contributed by atoms with Crippen molar-refractivity contribution in [3.63, 3.8) is 0 Å². The van der Waals surface area contributed by atoms with Gasteiger partial charge in [0.25, 0.3) is 5.56 Å². The van der Waals surface area contributed by atoms with E-state index in [1.54, 1.807) is 6.07 Å². The lowest BCUT2D eigenvalue weighted by Gasteiger charge is -2.03. The molecule has 2 rings (SSSR count). The van der Waals surface area contributed by atoms with Gasteiger partial charge in [-0.05, 0) is 15.9 Å². The average molecular weight is 271 g/mol. The first kappa shape index (κ1) is 9.91. The molecule has 0 unspecified atom stereocenters. The number of aromatic nitrogens is 3. The quantitative estimate of drug-likeness (QED) is 0.874. The maximum absolute atomic E-state index is 11.2. The van der Waals surface area contributed by atoms with Crippen molar-refractivity contribution in [3.8, 4) is 0 Å². The second-order valence-corrected chi connectivity index (χ2v) is 3.53. The third-order valence-corrected chi connectivity index (χ3v) is 2.46. The van der Waals surface area contributed by atoms with Gasteiger partial charge in [0.2, 0.25) is 0 Å². The lowest BCUT2D eigenvalue weighted by atomic mass is 10.4. The summed E-state index contributed by atoms with van der Waals surface area (Å²) in [6, 6.07) is 1.73. The van der Waals surface area contributed by atoms with Crippen LogP contribution in [0.5, 0.6) is 0 Å². The third kappa shape index (κ3) is 2.24. The topological polar surface area (TPSA) is 83.8 Å². The molecule has 2 aromatic heterocycles. The van der Waals surface area contributed by atoms with Crippen molar-refractivity contribution in [1.29, 1.82) is 0 Å². The first-order valence-electron chi connectivity index (χ1n) is 4.13. The van der Waals surface area contributed by atoms with Crippen LogP contribution in [-0.2, 0) is 6.54 Å². The first-order valence-corrected chi connectivity index (χ1v) is 4.93. The van der Waals surface area contributed by atoms with Gasteiger partial charge in [-0.2, -0.15) is 0 Å². The van der Waals surface area contributed by atoms with Gasteiger partial charge in [0.15, 0.2) is 0 Å². The van der Waals surface area contributed by atoms with Crippen molar-refractivity contribution in [2.24, 2.45) is 0 Å². The van der Waals surface area contributed by atoms with E-state index in [1.165, 1.54) is 12.6 Å². The normalized spacial score (nSPS) is 10.2.